The molecule has 2 fully saturated rings. The van der Waals surface area contributed by atoms with Crippen molar-refractivity contribution in [3.63, 3.8) is 0 Å². The molecular weight excluding hydrogens is 280 g/mol. The summed E-state index contributed by atoms with van der Waals surface area (Å²) in [4.78, 5) is 27.5. The minimum atomic E-state index is -0.105. The number of nitrogens with one attached hydrogen (secondary N) is 3. The first-order chi connectivity index (χ1) is 9.70. The van der Waals surface area contributed by atoms with E-state index in [-0.39, 0.29) is 24.0 Å². The van der Waals surface area contributed by atoms with Crippen LogP contribution in [0.1, 0.15) is 25.7 Å². The number of carbonyl (C=O) groups excluding carboxylic acids is 2. The quantitative estimate of drug-likeness (QED) is 0.280. The van der Waals surface area contributed by atoms with E-state index >= 15 is 0 Å². The molecule has 0 aromatic heterocycles. The molecule has 0 bridgehead atoms. The highest BCUT2D eigenvalue weighted by molar-refractivity contribution is 8.00. The third kappa shape index (κ3) is 4.26. The van der Waals surface area contributed by atoms with Gasteiger partial charge in [-0.2, -0.15) is 11.8 Å². The molecule has 0 aromatic carbocycles. The second kappa shape index (κ2) is 7.70. The van der Waals surface area contributed by atoms with Crippen LogP contribution in [0.25, 0.3) is 0 Å². The van der Waals surface area contributed by atoms with Crippen LogP contribution in [0.3, 0.4) is 0 Å². The summed E-state index contributed by atoms with van der Waals surface area (Å²) in [5.74, 6) is 0.868. The van der Waals surface area contributed by atoms with E-state index in [1.807, 2.05) is 11.8 Å². The molecule has 2 rings (SSSR count). The predicted octanol–water partition coefficient (Wildman–Crippen LogP) is -0.281. The minimum Gasteiger partial charge on any atom is -0.332 e. The third-order valence-electron chi connectivity index (χ3n) is 3.49. The Hall–Kier alpha value is -0.990. The fraction of sp³-hybridized carbons (Fsp3) is 0.833. The zero-order chi connectivity index (χ0) is 14.4. The lowest BCUT2D eigenvalue weighted by Crippen LogP contribution is -2.36. The SMILES string of the molecule is NCCONC(=O)CCCC[C@@H]1SCC2NC(=O)NC21. The molecule has 2 aliphatic rings. The lowest BCUT2D eigenvalue weighted by Gasteiger charge is -2.16. The average Bonchev–Trinajstić information content (AvgIpc) is 2.95. The zero-order valence-electron chi connectivity index (χ0n) is 11.4. The molecule has 2 heterocycles. The number of thioether (sulfide) groups is 1. The van der Waals surface area contributed by atoms with Gasteiger partial charge in [0.25, 0.3) is 0 Å². The summed E-state index contributed by atoms with van der Waals surface area (Å²) < 4.78 is 0. The van der Waals surface area contributed by atoms with Gasteiger partial charge in [0, 0.05) is 24.0 Å². The molecule has 0 aromatic rings. The molecule has 2 aliphatic heterocycles. The van der Waals surface area contributed by atoms with Gasteiger partial charge >= 0.3 is 6.03 Å². The van der Waals surface area contributed by atoms with Crippen LogP contribution in [0, 0.1) is 0 Å². The maximum atomic E-state index is 11.4. The van der Waals surface area contributed by atoms with E-state index in [4.69, 9.17) is 10.6 Å². The molecule has 2 saturated heterocycles. The summed E-state index contributed by atoms with van der Waals surface area (Å²) in [7, 11) is 0. The van der Waals surface area contributed by atoms with Crippen molar-refractivity contribution in [1.29, 1.82) is 0 Å². The number of hydrogen-bond donors (Lipinski definition) is 4. The van der Waals surface area contributed by atoms with Gasteiger partial charge in [0.15, 0.2) is 0 Å². The van der Waals surface area contributed by atoms with E-state index in [2.05, 4.69) is 16.1 Å². The Labute approximate surface area is 122 Å². The summed E-state index contributed by atoms with van der Waals surface area (Å²) in [6.45, 7) is 0.724. The molecule has 0 spiro atoms. The van der Waals surface area contributed by atoms with Crippen LogP contribution < -0.4 is 21.8 Å². The van der Waals surface area contributed by atoms with Gasteiger partial charge in [-0.1, -0.05) is 6.42 Å². The topological polar surface area (TPSA) is 105 Å². The van der Waals surface area contributed by atoms with Crippen LogP contribution in [-0.2, 0) is 9.63 Å². The zero-order valence-corrected chi connectivity index (χ0v) is 12.2. The van der Waals surface area contributed by atoms with Gasteiger partial charge in [-0.15, -0.1) is 0 Å². The van der Waals surface area contributed by atoms with Gasteiger partial charge in [-0.05, 0) is 12.8 Å². The number of rotatable bonds is 8. The van der Waals surface area contributed by atoms with Gasteiger partial charge in [0.05, 0.1) is 18.7 Å². The molecule has 20 heavy (non-hydrogen) atoms. The molecule has 7 nitrogen and oxygen atoms in total. The number of amides is 3. The normalized spacial score (nSPS) is 27.9. The van der Waals surface area contributed by atoms with Crippen LogP contribution in [0.4, 0.5) is 4.79 Å². The van der Waals surface area contributed by atoms with E-state index in [1.165, 1.54) is 0 Å². The maximum absolute atomic E-state index is 11.4. The summed E-state index contributed by atoms with van der Waals surface area (Å²) >= 11 is 1.90. The fourth-order valence-corrected chi connectivity index (χ4v) is 4.06. The largest absolute Gasteiger partial charge is 0.332 e. The smallest absolute Gasteiger partial charge is 0.315 e. The highest BCUT2D eigenvalue weighted by atomic mass is 32.2. The van der Waals surface area contributed by atoms with Gasteiger partial charge in [-0.3, -0.25) is 9.63 Å². The summed E-state index contributed by atoms with van der Waals surface area (Å²) in [6, 6.07) is 0.460. The molecule has 5 N–H and O–H groups in total. The van der Waals surface area contributed by atoms with E-state index in [9.17, 15) is 9.59 Å². The summed E-state index contributed by atoms with van der Waals surface area (Å²) in [5.41, 5.74) is 7.61. The molecule has 114 valence electrons. The second-order valence-corrected chi connectivity index (χ2v) is 6.30. The molecule has 0 aliphatic carbocycles. The number of hydroxylamine groups is 1. The van der Waals surface area contributed by atoms with Crippen molar-refractivity contribution in [3.8, 4) is 0 Å². The van der Waals surface area contributed by atoms with Crippen molar-refractivity contribution in [2.75, 3.05) is 18.9 Å². The Morgan fingerprint density at radius 3 is 3.10 bits per heavy atom. The van der Waals surface area contributed by atoms with Crippen LogP contribution >= 0.6 is 11.8 Å². The Bertz CT molecular complexity index is 356. The number of fused-ring (bicyclic) bond motifs is 1. The van der Waals surface area contributed by atoms with Gasteiger partial charge in [0.2, 0.25) is 5.91 Å². The Kier molecular flexibility index (Phi) is 5.93. The van der Waals surface area contributed by atoms with Crippen molar-refractivity contribution >= 4 is 23.7 Å². The fourth-order valence-electron chi connectivity index (χ4n) is 2.52. The third-order valence-corrected chi connectivity index (χ3v) is 5.00. The Morgan fingerprint density at radius 1 is 1.45 bits per heavy atom. The van der Waals surface area contributed by atoms with Crippen molar-refractivity contribution in [2.24, 2.45) is 5.73 Å². The van der Waals surface area contributed by atoms with Gasteiger partial charge in [0.1, 0.15) is 0 Å². The summed E-state index contributed by atoms with van der Waals surface area (Å²) in [5, 5.41) is 6.34. The van der Waals surface area contributed by atoms with Gasteiger partial charge in [-0.25, -0.2) is 10.3 Å². The van der Waals surface area contributed by atoms with Gasteiger partial charge < -0.3 is 16.4 Å². The molecule has 0 radical (unpaired) electrons. The molecule has 8 heteroatoms. The number of urea groups is 1. The highest BCUT2D eigenvalue weighted by Crippen LogP contribution is 2.33. The first kappa shape index (κ1) is 15.4. The second-order valence-electron chi connectivity index (χ2n) is 5.03. The molecule has 3 atom stereocenters. The van der Waals surface area contributed by atoms with Crippen molar-refractivity contribution in [3.05, 3.63) is 0 Å². The van der Waals surface area contributed by atoms with E-state index in [0.29, 0.717) is 24.8 Å². The lowest BCUT2D eigenvalue weighted by atomic mass is 10.0. The van der Waals surface area contributed by atoms with Crippen LogP contribution in [0.2, 0.25) is 0 Å². The predicted molar refractivity (Wildman–Crippen MR) is 77.1 cm³/mol. The molecular formula is C12H22N4O3S. The standard InChI is InChI=1S/C12H22N4O3S/c13-5-6-19-16-10(17)4-2-1-3-9-11-8(7-20-9)14-12(18)15-11/h8-9,11H,1-7,13H2,(H,16,17)(H2,14,15,18)/t8?,9-,11?/m0/s1. The molecule has 2 unspecified atom stereocenters. The van der Waals surface area contributed by atoms with Crippen LogP contribution in [-0.4, -0.2) is 48.2 Å². The average molecular weight is 302 g/mol. The Morgan fingerprint density at radius 2 is 2.30 bits per heavy atom. The molecule has 3 amide bonds. The van der Waals surface area contributed by atoms with Crippen molar-refractivity contribution < 1.29 is 14.4 Å². The van der Waals surface area contributed by atoms with E-state index in [0.717, 1.165) is 25.0 Å². The number of nitrogens with two attached hydrogens (primary N) is 1. The van der Waals surface area contributed by atoms with E-state index in [1.54, 1.807) is 0 Å². The first-order valence-corrected chi connectivity index (χ1v) is 8.05. The Balaban J connectivity index is 1.55. The van der Waals surface area contributed by atoms with Crippen molar-refractivity contribution in [1.82, 2.24) is 16.1 Å². The van der Waals surface area contributed by atoms with E-state index < -0.39 is 0 Å². The number of hydrogen-bond acceptors (Lipinski definition) is 5. The minimum absolute atomic E-state index is 0.0540. The maximum Gasteiger partial charge on any atom is 0.315 e. The summed E-state index contributed by atoms with van der Waals surface area (Å²) in [6.07, 6.45) is 3.28. The van der Waals surface area contributed by atoms with Crippen LogP contribution in [0.5, 0.6) is 0 Å². The first-order valence-electron chi connectivity index (χ1n) is 7.00. The van der Waals surface area contributed by atoms with Crippen molar-refractivity contribution in [2.45, 2.75) is 43.0 Å². The lowest BCUT2D eigenvalue weighted by molar-refractivity contribution is -0.133. The highest BCUT2D eigenvalue weighted by Gasteiger charge is 2.42. The monoisotopic (exact) mass is 302 g/mol. The number of unbranched alkanes of at least 4 members (excludes halogenated alkanes) is 1. The molecule has 0 saturated carbocycles. The van der Waals surface area contributed by atoms with Crippen LogP contribution in [0.15, 0.2) is 0 Å². The number of carbonyl (C=O) groups is 2.